The Hall–Kier alpha value is -1.62. The van der Waals surface area contributed by atoms with Crippen molar-refractivity contribution in [1.29, 1.82) is 0 Å². The molecule has 1 fully saturated rings. The minimum Gasteiger partial charge on any atom is -0.368 e. The van der Waals surface area contributed by atoms with Crippen LogP contribution in [0.1, 0.15) is 25.3 Å². The van der Waals surface area contributed by atoms with Crippen LogP contribution in [0.25, 0.3) is 0 Å². The molecular formula is C16H26N4O. The van der Waals surface area contributed by atoms with Gasteiger partial charge >= 0.3 is 0 Å². The Kier molecular flexibility index (Phi) is 5.17. The fourth-order valence-corrected chi connectivity index (χ4v) is 2.43. The first-order valence-corrected chi connectivity index (χ1v) is 7.59. The van der Waals surface area contributed by atoms with E-state index in [9.17, 15) is 4.79 Å². The Labute approximate surface area is 127 Å². The molecule has 0 aromatic carbocycles. The molecule has 116 valence electrons. The molecule has 1 aliphatic rings. The Balaban J connectivity index is 1.92. The van der Waals surface area contributed by atoms with Crippen LogP contribution in [0.15, 0.2) is 18.5 Å². The van der Waals surface area contributed by atoms with Crippen molar-refractivity contribution < 1.29 is 4.79 Å². The summed E-state index contributed by atoms with van der Waals surface area (Å²) in [7, 11) is 3.61. The second kappa shape index (κ2) is 6.89. The molecule has 5 nitrogen and oxygen atoms in total. The number of nitrogens with zero attached hydrogens (tertiary/aromatic N) is 4. The van der Waals surface area contributed by atoms with E-state index >= 15 is 0 Å². The number of carbonyl (C=O) groups is 1. The molecule has 0 radical (unpaired) electrons. The first kappa shape index (κ1) is 15.8. The summed E-state index contributed by atoms with van der Waals surface area (Å²) in [5, 5.41) is 0. The Morgan fingerprint density at radius 2 is 1.90 bits per heavy atom. The second-order valence-corrected chi connectivity index (χ2v) is 6.18. The lowest BCUT2D eigenvalue weighted by molar-refractivity contribution is -0.129. The maximum Gasteiger partial charge on any atom is 0.236 e. The van der Waals surface area contributed by atoms with Gasteiger partial charge in [-0.05, 0) is 17.5 Å². The predicted octanol–water partition coefficient (Wildman–Crippen LogP) is 1.42. The number of aromatic nitrogens is 1. The van der Waals surface area contributed by atoms with Crippen LogP contribution in [0, 0.1) is 0 Å². The molecule has 5 heteroatoms. The number of hydrogen-bond acceptors (Lipinski definition) is 4. The van der Waals surface area contributed by atoms with Gasteiger partial charge in [0.25, 0.3) is 0 Å². The zero-order valence-corrected chi connectivity index (χ0v) is 13.5. The van der Waals surface area contributed by atoms with Crippen LogP contribution in [0.2, 0.25) is 0 Å². The zero-order chi connectivity index (χ0) is 15.4. The average Bonchev–Trinajstić information content (AvgIpc) is 2.48. The zero-order valence-electron chi connectivity index (χ0n) is 13.5. The Morgan fingerprint density at radius 1 is 1.24 bits per heavy atom. The molecule has 0 aliphatic carbocycles. The number of likely N-dealkylation sites (N-methyl/N-ethyl adjacent to an activating group) is 1. The van der Waals surface area contributed by atoms with Gasteiger partial charge in [-0.1, -0.05) is 13.8 Å². The van der Waals surface area contributed by atoms with E-state index < -0.39 is 0 Å². The normalized spacial score (nSPS) is 16.3. The molecule has 0 atom stereocenters. The first-order chi connectivity index (χ1) is 9.97. The molecule has 1 aromatic heterocycles. The summed E-state index contributed by atoms with van der Waals surface area (Å²) in [6.45, 7) is 8.63. The molecule has 1 aromatic rings. The van der Waals surface area contributed by atoms with E-state index in [0.717, 1.165) is 26.2 Å². The van der Waals surface area contributed by atoms with Crippen LogP contribution in [0.3, 0.4) is 0 Å². The van der Waals surface area contributed by atoms with Gasteiger partial charge < -0.3 is 9.80 Å². The van der Waals surface area contributed by atoms with Crippen molar-refractivity contribution >= 4 is 11.6 Å². The summed E-state index contributed by atoms with van der Waals surface area (Å²) in [6.07, 6.45) is 3.88. The van der Waals surface area contributed by atoms with Crippen LogP contribution < -0.4 is 4.90 Å². The van der Waals surface area contributed by atoms with Crippen molar-refractivity contribution in [2.24, 2.45) is 0 Å². The van der Waals surface area contributed by atoms with Crippen LogP contribution in [-0.4, -0.2) is 67.5 Å². The van der Waals surface area contributed by atoms with E-state index in [1.807, 2.05) is 26.5 Å². The van der Waals surface area contributed by atoms with Gasteiger partial charge in [-0.15, -0.1) is 0 Å². The third kappa shape index (κ3) is 4.17. The molecule has 1 saturated heterocycles. The van der Waals surface area contributed by atoms with Crippen LogP contribution >= 0.6 is 0 Å². The van der Waals surface area contributed by atoms with Crippen LogP contribution in [0.4, 0.5) is 5.69 Å². The molecular weight excluding hydrogens is 264 g/mol. The van der Waals surface area contributed by atoms with E-state index in [0.29, 0.717) is 12.5 Å². The van der Waals surface area contributed by atoms with Gasteiger partial charge in [0.15, 0.2) is 0 Å². The summed E-state index contributed by atoms with van der Waals surface area (Å²) in [5.74, 6) is 0.670. The van der Waals surface area contributed by atoms with Crippen molar-refractivity contribution in [3.05, 3.63) is 24.0 Å². The lowest BCUT2D eigenvalue weighted by Gasteiger charge is -2.36. The van der Waals surface area contributed by atoms with E-state index in [1.165, 1.54) is 11.3 Å². The summed E-state index contributed by atoms with van der Waals surface area (Å²) in [6, 6.07) is 2.23. The molecule has 0 bridgehead atoms. The fourth-order valence-electron chi connectivity index (χ4n) is 2.43. The molecule has 21 heavy (non-hydrogen) atoms. The molecule has 0 spiro atoms. The Morgan fingerprint density at radius 3 is 2.48 bits per heavy atom. The highest BCUT2D eigenvalue weighted by Crippen LogP contribution is 2.21. The van der Waals surface area contributed by atoms with Crippen molar-refractivity contribution in [3.8, 4) is 0 Å². The molecule has 2 rings (SSSR count). The summed E-state index contributed by atoms with van der Waals surface area (Å²) in [5.41, 5.74) is 2.47. The SMILES string of the molecule is CC(C)c1cncc(N2CCN(CC(=O)N(C)C)CC2)c1. The van der Waals surface area contributed by atoms with Gasteiger partial charge in [-0.3, -0.25) is 14.7 Å². The minimum atomic E-state index is 0.173. The second-order valence-electron chi connectivity index (χ2n) is 6.18. The van der Waals surface area contributed by atoms with Gasteiger partial charge in [0, 0.05) is 46.5 Å². The highest BCUT2D eigenvalue weighted by atomic mass is 16.2. The van der Waals surface area contributed by atoms with E-state index in [4.69, 9.17) is 0 Å². The van der Waals surface area contributed by atoms with Gasteiger partial charge in [0.2, 0.25) is 5.91 Å². The third-order valence-corrected chi connectivity index (χ3v) is 4.01. The van der Waals surface area contributed by atoms with Crippen molar-refractivity contribution in [2.75, 3.05) is 51.7 Å². The van der Waals surface area contributed by atoms with Crippen LogP contribution in [-0.2, 0) is 4.79 Å². The van der Waals surface area contributed by atoms with Crippen molar-refractivity contribution in [1.82, 2.24) is 14.8 Å². The third-order valence-electron chi connectivity index (χ3n) is 4.01. The quantitative estimate of drug-likeness (QED) is 0.841. The average molecular weight is 290 g/mol. The number of piperazine rings is 1. The number of pyridine rings is 1. The molecule has 0 N–H and O–H groups in total. The smallest absolute Gasteiger partial charge is 0.236 e. The molecule has 1 aliphatic heterocycles. The molecule has 0 saturated carbocycles. The molecule has 2 heterocycles. The van der Waals surface area contributed by atoms with Crippen molar-refractivity contribution in [3.63, 3.8) is 0 Å². The number of anilines is 1. The fraction of sp³-hybridized carbons (Fsp3) is 0.625. The van der Waals surface area contributed by atoms with Crippen LogP contribution in [0.5, 0.6) is 0 Å². The molecule has 1 amide bonds. The van der Waals surface area contributed by atoms with Crippen molar-refractivity contribution in [2.45, 2.75) is 19.8 Å². The molecule has 0 unspecified atom stereocenters. The minimum absolute atomic E-state index is 0.173. The summed E-state index contributed by atoms with van der Waals surface area (Å²) >= 11 is 0. The highest BCUT2D eigenvalue weighted by molar-refractivity contribution is 5.77. The topological polar surface area (TPSA) is 39.7 Å². The van der Waals surface area contributed by atoms with Gasteiger partial charge in [-0.2, -0.15) is 0 Å². The number of carbonyl (C=O) groups excluding carboxylic acids is 1. The number of hydrogen-bond donors (Lipinski definition) is 0. The lowest BCUT2D eigenvalue weighted by Crippen LogP contribution is -2.49. The van der Waals surface area contributed by atoms with E-state index in [2.05, 4.69) is 34.7 Å². The number of rotatable bonds is 4. The van der Waals surface area contributed by atoms with Gasteiger partial charge in [-0.25, -0.2) is 0 Å². The maximum atomic E-state index is 11.7. The standard InChI is InChI=1S/C16H26N4O/c1-13(2)14-9-15(11-17-10-14)20-7-5-19(6-8-20)12-16(21)18(3)4/h9-11,13H,5-8,12H2,1-4H3. The maximum absolute atomic E-state index is 11.7. The Bertz CT molecular complexity index is 479. The van der Waals surface area contributed by atoms with Gasteiger partial charge in [0.05, 0.1) is 18.4 Å². The largest absolute Gasteiger partial charge is 0.368 e. The summed E-state index contributed by atoms with van der Waals surface area (Å²) in [4.78, 5) is 22.3. The van der Waals surface area contributed by atoms with Gasteiger partial charge in [0.1, 0.15) is 0 Å². The monoisotopic (exact) mass is 290 g/mol. The highest BCUT2D eigenvalue weighted by Gasteiger charge is 2.20. The van der Waals surface area contributed by atoms with E-state index in [-0.39, 0.29) is 5.91 Å². The predicted molar refractivity (Wildman–Crippen MR) is 85.7 cm³/mol. The summed E-state index contributed by atoms with van der Waals surface area (Å²) < 4.78 is 0. The number of amides is 1. The first-order valence-electron chi connectivity index (χ1n) is 7.59. The lowest BCUT2D eigenvalue weighted by atomic mass is 10.1. The van der Waals surface area contributed by atoms with E-state index in [1.54, 1.807) is 4.90 Å².